The molecule has 162 valence electrons. The SMILES string of the molecule is Cc1cccc(-c2nc(C(O)c3cc4cc(CC5SC(=O)NC5=O)ccc4o3)c(C)o2)c1. The number of fused-ring (bicyclic) bond motifs is 1. The molecule has 4 aromatic rings. The topological polar surface area (TPSA) is 106 Å². The highest BCUT2D eigenvalue weighted by molar-refractivity contribution is 8.15. The van der Waals surface area contributed by atoms with Crippen LogP contribution in [0.25, 0.3) is 22.4 Å². The Kier molecular flexibility index (Phi) is 5.11. The summed E-state index contributed by atoms with van der Waals surface area (Å²) in [4.78, 5) is 27.7. The van der Waals surface area contributed by atoms with Gasteiger partial charge in [-0.3, -0.25) is 14.9 Å². The second kappa shape index (κ2) is 7.96. The number of nitrogens with one attached hydrogen (secondary N) is 1. The number of amides is 2. The summed E-state index contributed by atoms with van der Waals surface area (Å²) in [6, 6.07) is 15.1. The highest BCUT2D eigenvalue weighted by Gasteiger charge is 2.31. The van der Waals surface area contributed by atoms with Gasteiger partial charge in [0.15, 0.2) is 6.10 Å². The van der Waals surface area contributed by atoms with E-state index in [9.17, 15) is 14.7 Å². The molecule has 0 radical (unpaired) electrons. The summed E-state index contributed by atoms with van der Waals surface area (Å²) < 4.78 is 11.7. The predicted molar refractivity (Wildman–Crippen MR) is 120 cm³/mol. The van der Waals surface area contributed by atoms with Crippen LogP contribution in [-0.2, 0) is 11.2 Å². The number of hydrogen-bond donors (Lipinski definition) is 2. The fourth-order valence-electron chi connectivity index (χ4n) is 3.82. The van der Waals surface area contributed by atoms with Crippen molar-refractivity contribution >= 4 is 33.9 Å². The van der Waals surface area contributed by atoms with Crippen LogP contribution in [0.5, 0.6) is 0 Å². The number of aromatic nitrogens is 1. The summed E-state index contributed by atoms with van der Waals surface area (Å²) in [5.74, 6) is 1.05. The van der Waals surface area contributed by atoms with Gasteiger partial charge in [-0.25, -0.2) is 4.98 Å². The fourth-order valence-corrected chi connectivity index (χ4v) is 4.67. The van der Waals surface area contributed by atoms with E-state index in [1.165, 1.54) is 0 Å². The minimum absolute atomic E-state index is 0.269. The Hall–Kier alpha value is -3.36. The molecule has 1 saturated heterocycles. The Morgan fingerprint density at radius 3 is 2.72 bits per heavy atom. The summed E-state index contributed by atoms with van der Waals surface area (Å²) in [5, 5.41) is 13.3. The summed E-state index contributed by atoms with van der Waals surface area (Å²) >= 11 is 1.00. The van der Waals surface area contributed by atoms with Crippen LogP contribution in [0.3, 0.4) is 0 Å². The van der Waals surface area contributed by atoms with Crippen molar-refractivity contribution in [3.8, 4) is 11.5 Å². The molecule has 32 heavy (non-hydrogen) atoms. The van der Waals surface area contributed by atoms with Crippen LogP contribution in [0.15, 0.2) is 57.4 Å². The number of thioether (sulfide) groups is 1. The number of oxazole rings is 1. The summed E-state index contributed by atoms with van der Waals surface area (Å²) in [6.45, 7) is 3.75. The highest BCUT2D eigenvalue weighted by Crippen LogP contribution is 2.33. The molecule has 1 aliphatic heterocycles. The number of imide groups is 1. The van der Waals surface area contributed by atoms with Crippen molar-refractivity contribution in [2.75, 3.05) is 0 Å². The van der Waals surface area contributed by atoms with Gasteiger partial charge in [0.25, 0.3) is 5.24 Å². The van der Waals surface area contributed by atoms with E-state index < -0.39 is 11.4 Å². The molecule has 7 nitrogen and oxygen atoms in total. The van der Waals surface area contributed by atoms with E-state index in [1.54, 1.807) is 19.1 Å². The number of hydrogen-bond acceptors (Lipinski definition) is 7. The van der Waals surface area contributed by atoms with Gasteiger partial charge in [0.2, 0.25) is 11.8 Å². The molecule has 2 amide bonds. The lowest BCUT2D eigenvalue weighted by Crippen LogP contribution is -2.25. The van der Waals surface area contributed by atoms with Crippen LogP contribution >= 0.6 is 11.8 Å². The van der Waals surface area contributed by atoms with E-state index in [4.69, 9.17) is 8.83 Å². The lowest BCUT2D eigenvalue weighted by Gasteiger charge is -2.04. The number of benzene rings is 2. The standard InChI is InChI=1S/C24H20N2O5S/c1-12-4-3-5-15(8-12)23-25-20(13(2)30-23)21(27)18-11-16-9-14(6-7-17(16)31-18)10-19-22(28)26-24(29)32-19/h3-9,11,19,21,27H,10H2,1-2H3,(H,26,28,29). The van der Waals surface area contributed by atoms with Crippen molar-refractivity contribution in [2.24, 2.45) is 0 Å². The number of aliphatic hydroxyl groups is 1. The molecule has 0 spiro atoms. The molecular weight excluding hydrogens is 428 g/mol. The van der Waals surface area contributed by atoms with E-state index in [-0.39, 0.29) is 11.1 Å². The third kappa shape index (κ3) is 3.83. The van der Waals surface area contributed by atoms with Gasteiger partial charge in [-0.05, 0) is 56.2 Å². The zero-order valence-electron chi connectivity index (χ0n) is 17.4. The molecule has 1 aliphatic rings. The number of aryl methyl sites for hydroxylation is 2. The lowest BCUT2D eigenvalue weighted by molar-refractivity contribution is -0.118. The molecule has 0 aliphatic carbocycles. The Balaban J connectivity index is 1.41. The van der Waals surface area contributed by atoms with E-state index in [1.807, 2.05) is 43.3 Å². The lowest BCUT2D eigenvalue weighted by atomic mass is 10.1. The number of carbonyl (C=O) groups is 2. The van der Waals surface area contributed by atoms with E-state index >= 15 is 0 Å². The van der Waals surface area contributed by atoms with Crippen LogP contribution in [0.4, 0.5) is 4.79 Å². The predicted octanol–water partition coefficient (Wildman–Crippen LogP) is 4.68. The zero-order chi connectivity index (χ0) is 22.4. The largest absolute Gasteiger partial charge is 0.458 e. The first-order valence-electron chi connectivity index (χ1n) is 10.1. The number of rotatable bonds is 5. The molecule has 2 atom stereocenters. The molecule has 3 heterocycles. The van der Waals surface area contributed by atoms with Gasteiger partial charge in [0.05, 0.1) is 5.25 Å². The van der Waals surface area contributed by atoms with Crippen LogP contribution in [-0.4, -0.2) is 26.5 Å². The molecular formula is C24H20N2O5S. The molecule has 2 aromatic heterocycles. The normalized spacial score (nSPS) is 17.2. The Labute approximate surface area is 187 Å². The molecule has 2 aromatic carbocycles. The molecule has 2 unspecified atom stereocenters. The van der Waals surface area contributed by atoms with Gasteiger partial charge >= 0.3 is 0 Å². The quantitative estimate of drug-likeness (QED) is 0.457. The van der Waals surface area contributed by atoms with Gasteiger partial charge < -0.3 is 13.9 Å². The van der Waals surface area contributed by atoms with Crippen LogP contribution < -0.4 is 5.32 Å². The fraction of sp³-hybridized carbons (Fsp3) is 0.208. The molecule has 5 rings (SSSR count). The number of aliphatic hydroxyl groups excluding tert-OH is 1. The van der Waals surface area contributed by atoms with E-state index in [0.717, 1.165) is 33.8 Å². The number of carbonyl (C=O) groups excluding carboxylic acids is 2. The molecule has 8 heteroatoms. The highest BCUT2D eigenvalue weighted by atomic mass is 32.2. The first-order chi connectivity index (χ1) is 15.4. The van der Waals surface area contributed by atoms with Gasteiger partial charge in [-0.2, -0.15) is 0 Å². The third-order valence-electron chi connectivity index (χ3n) is 5.41. The van der Waals surface area contributed by atoms with Crippen molar-refractivity contribution in [3.05, 3.63) is 76.9 Å². The minimum atomic E-state index is -1.08. The Morgan fingerprint density at radius 2 is 1.97 bits per heavy atom. The molecule has 0 saturated carbocycles. The number of nitrogens with zero attached hydrogens (tertiary/aromatic N) is 1. The zero-order valence-corrected chi connectivity index (χ0v) is 18.2. The monoisotopic (exact) mass is 448 g/mol. The van der Waals surface area contributed by atoms with Crippen molar-refractivity contribution in [1.82, 2.24) is 10.3 Å². The second-order valence-corrected chi connectivity index (χ2v) is 9.02. The third-order valence-corrected chi connectivity index (χ3v) is 6.40. The smallest absolute Gasteiger partial charge is 0.286 e. The summed E-state index contributed by atoms with van der Waals surface area (Å²) in [6.07, 6.45) is -0.648. The van der Waals surface area contributed by atoms with Gasteiger partial charge in [0.1, 0.15) is 22.8 Å². The van der Waals surface area contributed by atoms with Gasteiger partial charge in [-0.1, -0.05) is 35.5 Å². The average Bonchev–Trinajstić information content (AvgIpc) is 3.44. The van der Waals surface area contributed by atoms with Gasteiger partial charge in [0, 0.05) is 10.9 Å². The van der Waals surface area contributed by atoms with Crippen molar-refractivity contribution in [1.29, 1.82) is 0 Å². The van der Waals surface area contributed by atoms with E-state index in [2.05, 4.69) is 10.3 Å². The average molecular weight is 449 g/mol. The maximum atomic E-state index is 11.8. The van der Waals surface area contributed by atoms with Crippen LogP contribution in [0.2, 0.25) is 0 Å². The maximum absolute atomic E-state index is 11.8. The molecule has 0 bridgehead atoms. The summed E-state index contributed by atoms with van der Waals surface area (Å²) in [5.41, 5.74) is 3.85. The Morgan fingerprint density at radius 1 is 1.12 bits per heavy atom. The van der Waals surface area contributed by atoms with Crippen molar-refractivity contribution < 1.29 is 23.5 Å². The Bertz CT molecular complexity index is 1360. The molecule has 1 fully saturated rings. The van der Waals surface area contributed by atoms with Crippen molar-refractivity contribution in [2.45, 2.75) is 31.6 Å². The van der Waals surface area contributed by atoms with Gasteiger partial charge in [-0.15, -0.1) is 0 Å². The minimum Gasteiger partial charge on any atom is -0.458 e. The second-order valence-electron chi connectivity index (χ2n) is 7.84. The van der Waals surface area contributed by atoms with Crippen molar-refractivity contribution in [3.63, 3.8) is 0 Å². The first kappa shape index (κ1) is 20.5. The summed E-state index contributed by atoms with van der Waals surface area (Å²) in [7, 11) is 0. The first-order valence-corrected chi connectivity index (χ1v) is 11.0. The van der Waals surface area contributed by atoms with Crippen LogP contribution in [0, 0.1) is 13.8 Å². The number of furan rings is 1. The van der Waals surface area contributed by atoms with Crippen LogP contribution in [0.1, 0.15) is 34.4 Å². The maximum Gasteiger partial charge on any atom is 0.286 e. The molecule has 2 N–H and O–H groups in total. The van der Waals surface area contributed by atoms with E-state index in [0.29, 0.717) is 35.1 Å².